The number of hydrogen-bond donors (Lipinski definition) is 1. The molecule has 0 spiro atoms. The summed E-state index contributed by atoms with van der Waals surface area (Å²) in [6.45, 7) is 1.28. The van der Waals surface area contributed by atoms with Gasteiger partial charge in [-0.25, -0.2) is 9.37 Å². The van der Waals surface area contributed by atoms with Gasteiger partial charge in [0.15, 0.2) is 0 Å². The molecule has 0 radical (unpaired) electrons. The Morgan fingerprint density at radius 3 is 2.70 bits per heavy atom. The number of carbonyl (C=O) groups excluding carboxylic acids is 1. The van der Waals surface area contributed by atoms with Crippen molar-refractivity contribution in [3.8, 4) is 0 Å². The van der Waals surface area contributed by atoms with E-state index in [1.54, 1.807) is 29.3 Å². The number of nitrogens with zero attached hydrogens (tertiary/aromatic N) is 2. The Morgan fingerprint density at radius 2 is 1.89 bits per heavy atom. The monoisotopic (exact) mass is 361 g/mol. The zero-order valence-electron chi connectivity index (χ0n) is 14.9. The highest BCUT2D eigenvalue weighted by Crippen LogP contribution is 2.28. The van der Waals surface area contributed by atoms with Gasteiger partial charge in [-0.05, 0) is 48.2 Å². The second kappa shape index (κ2) is 7.58. The van der Waals surface area contributed by atoms with Gasteiger partial charge in [-0.1, -0.05) is 36.4 Å². The second-order valence-electron chi connectivity index (χ2n) is 6.54. The number of para-hydroxylation sites is 1. The molecule has 0 aliphatic carbocycles. The minimum absolute atomic E-state index is 0.0853. The highest BCUT2D eigenvalue weighted by molar-refractivity contribution is 6.06. The molecule has 2 heterocycles. The summed E-state index contributed by atoms with van der Waals surface area (Å²) in [4.78, 5) is 18.9. The van der Waals surface area contributed by atoms with Crippen LogP contribution in [-0.4, -0.2) is 24.0 Å². The molecule has 0 bridgehead atoms. The minimum atomic E-state index is -0.190. The zero-order chi connectivity index (χ0) is 18.6. The summed E-state index contributed by atoms with van der Waals surface area (Å²) in [6, 6.07) is 18.3. The summed E-state index contributed by atoms with van der Waals surface area (Å²) in [6.07, 6.45) is 3.10. The first-order valence-corrected chi connectivity index (χ1v) is 9.05. The Bertz CT molecular complexity index is 956. The smallest absolute Gasteiger partial charge is 0.276 e. The van der Waals surface area contributed by atoms with Crippen LogP contribution in [0.15, 0.2) is 66.9 Å². The van der Waals surface area contributed by atoms with E-state index in [-0.39, 0.29) is 11.7 Å². The maximum absolute atomic E-state index is 13.6. The molecule has 4 nitrogen and oxygen atoms in total. The van der Waals surface area contributed by atoms with Crippen LogP contribution in [-0.2, 0) is 12.8 Å². The van der Waals surface area contributed by atoms with E-state index < -0.39 is 0 Å². The maximum Gasteiger partial charge on any atom is 0.276 e. The molecule has 0 saturated carbocycles. The molecule has 1 N–H and O–H groups in total. The number of benzene rings is 2. The van der Waals surface area contributed by atoms with Crippen molar-refractivity contribution in [2.24, 2.45) is 0 Å². The Kier molecular flexibility index (Phi) is 4.83. The highest BCUT2D eigenvalue weighted by atomic mass is 19.1. The fraction of sp³-hybridized carbons (Fsp3) is 0.182. The fourth-order valence-corrected chi connectivity index (χ4v) is 3.36. The maximum atomic E-state index is 13.6. The van der Waals surface area contributed by atoms with Crippen LogP contribution in [0.2, 0.25) is 0 Å². The van der Waals surface area contributed by atoms with Crippen molar-refractivity contribution in [3.63, 3.8) is 0 Å². The Labute approximate surface area is 157 Å². The van der Waals surface area contributed by atoms with E-state index in [1.165, 1.54) is 11.6 Å². The number of anilines is 2. The lowest BCUT2D eigenvalue weighted by molar-refractivity contribution is 0.0984. The predicted octanol–water partition coefficient (Wildman–Crippen LogP) is 4.08. The van der Waals surface area contributed by atoms with Crippen LogP contribution in [0, 0.1) is 5.82 Å². The summed E-state index contributed by atoms with van der Waals surface area (Å²) in [5, 5.41) is 3.22. The van der Waals surface area contributed by atoms with Gasteiger partial charge in [0, 0.05) is 18.8 Å². The van der Waals surface area contributed by atoms with Crippen LogP contribution in [0.3, 0.4) is 0 Å². The Hall–Kier alpha value is -3.21. The molecular formula is C22H20FN3O. The van der Waals surface area contributed by atoms with Gasteiger partial charge in [0.25, 0.3) is 5.91 Å². The van der Waals surface area contributed by atoms with E-state index >= 15 is 0 Å². The second-order valence-corrected chi connectivity index (χ2v) is 6.54. The summed E-state index contributed by atoms with van der Waals surface area (Å²) in [5.74, 6) is -0.276. The van der Waals surface area contributed by atoms with Gasteiger partial charge in [-0.3, -0.25) is 4.79 Å². The number of amides is 1. The van der Waals surface area contributed by atoms with Crippen LogP contribution in [0.4, 0.5) is 15.8 Å². The summed E-state index contributed by atoms with van der Waals surface area (Å²) in [7, 11) is 0. The molecular weight excluding hydrogens is 341 g/mol. The van der Waals surface area contributed by atoms with Gasteiger partial charge in [0.1, 0.15) is 11.5 Å². The van der Waals surface area contributed by atoms with Crippen molar-refractivity contribution in [1.29, 1.82) is 0 Å². The average molecular weight is 361 g/mol. The molecule has 1 aliphatic heterocycles. The first-order chi connectivity index (χ1) is 13.2. The summed E-state index contributed by atoms with van der Waals surface area (Å²) < 4.78 is 13.6. The van der Waals surface area contributed by atoms with Gasteiger partial charge in [-0.2, -0.15) is 0 Å². The normalized spacial score (nSPS) is 12.7. The number of carbonyl (C=O) groups is 1. The SMILES string of the molecule is O=C(c1ccc(NCCc2ccccc2F)cn1)N1CCc2ccccc21. The van der Waals surface area contributed by atoms with Crippen molar-refractivity contribution in [1.82, 2.24) is 4.98 Å². The number of fused-ring (bicyclic) bond motifs is 1. The van der Waals surface area contributed by atoms with E-state index in [4.69, 9.17) is 0 Å². The molecule has 136 valence electrons. The molecule has 0 unspecified atom stereocenters. The Balaban J connectivity index is 1.38. The molecule has 0 fully saturated rings. The fourth-order valence-electron chi connectivity index (χ4n) is 3.36. The van der Waals surface area contributed by atoms with Crippen LogP contribution >= 0.6 is 0 Å². The Morgan fingerprint density at radius 1 is 1.07 bits per heavy atom. The van der Waals surface area contributed by atoms with Gasteiger partial charge < -0.3 is 10.2 Å². The number of hydrogen-bond acceptors (Lipinski definition) is 3. The van der Waals surface area contributed by atoms with Crippen molar-refractivity contribution in [2.75, 3.05) is 23.3 Å². The third-order valence-electron chi connectivity index (χ3n) is 4.80. The molecule has 0 saturated heterocycles. The lowest BCUT2D eigenvalue weighted by atomic mass is 10.1. The first kappa shape index (κ1) is 17.2. The van der Waals surface area contributed by atoms with Crippen LogP contribution < -0.4 is 10.2 Å². The predicted molar refractivity (Wildman–Crippen MR) is 105 cm³/mol. The van der Waals surface area contributed by atoms with Crippen LogP contribution in [0.1, 0.15) is 21.6 Å². The molecule has 27 heavy (non-hydrogen) atoms. The quantitative estimate of drug-likeness (QED) is 0.745. The van der Waals surface area contributed by atoms with Gasteiger partial charge in [-0.15, -0.1) is 0 Å². The van der Waals surface area contributed by atoms with Crippen molar-refractivity contribution >= 4 is 17.3 Å². The number of rotatable bonds is 5. The van der Waals surface area contributed by atoms with Gasteiger partial charge >= 0.3 is 0 Å². The van der Waals surface area contributed by atoms with E-state index in [2.05, 4.69) is 16.4 Å². The molecule has 1 amide bonds. The third-order valence-corrected chi connectivity index (χ3v) is 4.80. The number of halogens is 1. The molecule has 1 aliphatic rings. The van der Waals surface area contributed by atoms with E-state index in [9.17, 15) is 9.18 Å². The third kappa shape index (κ3) is 3.67. The molecule has 5 heteroatoms. The highest BCUT2D eigenvalue weighted by Gasteiger charge is 2.25. The van der Waals surface area contributed by atoms with Crippen molar-refractivity contribution in [2.45, 2.75) is 12.8 Å². The van der Waals surface area contributed by atoms with Gasteiger partial charge in [0.05, 0.1) is 11.9 Å². The van der Waals surface area contributed by atoms with Crippen LogP contribution in [0.25, 0.3) is 0 Å². The van der Waals surface area contributed by atoms with Crippen molar-refractivity contribution < 1.29 is 9.18 Å². The van der Waals surface area contributed by atoms with Crippen molar-refractivity contribution in [3.05, 3.63) is 89.5 Å². The van der Waals surface area contributed by atoms with Gasteiger partial charge in [0.2, 0.25) is 0 Å². The number of aromatic nitrogens is 1. The number of nitrogens with one attached hydrogen (secondary N) is 1. The first-order valence-electron chi connectivity index (χ1n) is 9.05. The largest absolute Gasteiger partial charge is 0.383 e. The average Bonchev–Trinajstić information content (AvgIpc) is 3.14. The topological polar surface area (TPSA) is 45.2 Å². The van der Waals surface area contributed by atoms with E-state index in [1.807, 2.05) is 30.3 Å². The van der Waals surface area contributed by atoms with E-state index in [0.717, 1.165) is 17.8 Å². The molecule has 4 rings (SSSR count). The lowest BCUT2D eigenvalue weighted by Gasteiger charge is -2.17. The summed E-state index contributed by atoms with van der Waals surface area (Å²) in [5.41, 5.74) is 4.07. The van der Waals surface area contributed by atoms with E-state index in [0.29, 0.717) is 30.8 Å². The molecule has 0 atom stereocenters. The standard InChI is InChI=1S/C22H20FN3O/c23-19-7-3-1-5-16(19)11-13-24-18-9-10-20(25-15-18)22(27)26-14-12-17-6-2-4-8-21(17)26/h1-10,15,24H,11-14H2. The number of pyridine rings is 1. The molecule has 1 aromatic heterocycles. The van der Waals surface area contributed by atoms with Crippen LogP contribution in [0.5, 0.6) is 0 Å². The lowest BCUT2D eigenvalue weighted by Crippen LogP contribution is -2.29. The summed E-state index contributed by atoms with van der Waals surface area (Å²) >= 11 is 0. The molecule has 2 aromatic carbocycles. The molecule has 3 aromatic rings. The minimum Gasteiger partial charge on any atom is -0.383 e. The zero-order valence-corrected chi connectivity index (χ0v) is 14.9.